The molecule has 6 nitrogen and oxygen atoms in total. The number of nitrogens with zero attached hydrogens (tertiary/aromatic N) is 5. The zero-order chi connectivity index (χ0) is 19.5. The average molecular weight is 375 g/mol. The zero-order valence-electron chi connectivity index (χ0n) is 16.4. The van der Waals surface area contributed by atoms with E-state index >= 15 is 0 Å². The molecule has 0 amide bonds. The molecule has 1 saturated carbocycles. The van der Waals surface area contributed by atoms with Gasteiger partial charge in [0.15, 0.2) is 0 Å². The van der Waals surface area contributed by atoms with Crippen LogP contribution in [0.15, 0.2) is 43.1 Å². The Labute approximate surface area is 165 Å². The number of rotatable bonds is 5. The van der Waals surface area contributed by atoms with Crippen LogP contribution in [0.25, 0.3) is 22.2 Å². The van der Waals surface area contributed by atoms with Crippen LogP contribution in [-0.2, 0) is 11.2 Å². The minimum absolute atomic E-state index is 0.168. The first-order valence-electron chi connectivity index (χ1n) is 9.80. The van der Waals surface area contributed by atoms with Crippen LogP contribution < -0.4 is 0 Å². The van der Waals surface area contributed by atoms with Crippen LogP contribution in [-0.4, -0.2) is 50.8 Å². The molecule has 3 heterocycles. The summed E-state index contributed by atoms with van der Waals surface area (Å²) in [5, 5.41) is 1.97. The smallest absolute Gasteiger partial charge is 0.141 e. The van der Waals surface area contributed by atoms with Gasteiger partial charge in [-0.2, -0.15) is 0 Å². The first kappa shape index (κ1) is 18.6. The summed E-state index contributed by atoms with van der Waals surface area (Å²) in [5.41, 5.74) is 2.33. The molecule has 0 aromatic carbocycles. The summed E-state index contributed by atoms with van der Waals surface area (Å²) in [4.78, 5) is 32.4. The van der Waals surface area contributed by atoms with Crippen LogP contribution in [0.3, 0.4) is 0 Å². The molecule has 3 aromatic rings. The maximum absolute atomic E-state index is 12.8. The van der Waals surface area contributed by atoms with E-state index in [2.05, 4.69) is 38.9 Å². The summed E-state index contributed by atoms with van der Waals surface area (Å²) in [7, 11) is 4.24. The molecule has 0 aliphatic heterocycles. The van der Waals surface area contributed by atoms with Crippen molar-refractivity contribution in [1.82, 2.24) is 24.8 Å². The van der Waals surface area contributed by atoms with Crippen molar-refractivity contribution in [1.29, 1.82) is 0 Å². The van der Waals surface area contributed by atoms with Gasteiger partial charge in [0.2, 0.25) is 0 Å². The molecule has 0 spiro atoms. The highest BCUT2D eigenvalue weighted by atomic mass is 16.1. The van der Waals surface area contributed by atoms with Crippen LogP contribution in [0.1, 0.15) is 31.4 Å². The summed E-state index contributed by atoms with van der Waals surface area (Å²) in [5.74, 6) is 0.480. The van der Waals surface area contributed by atoms with Crippen LogP contribution in [0.5, 0.6) is 0 Å². The Morgan fingerprint density at radius 1 is 0.929 bits per heavy atom. The van der Waals surface area contributed by atoms with Crippen LogP contribution in [0.2, 0.25) is 0 Å². The second-order valence-corrected chi connectivity index (χ2v) is 7.80. The first-order valence-corrected chi connectivity index (χ1v) is 9.80. The third-order valence-corrected chi connectivity index (χ3v) is 5.72. The lowest BCUT2D eigenvalue weighted by Gasteiger charge is -2.31. The molecular formula is C22H25N5O. The van der Waals surface area contributed by atoms with Crippen molar-refractivity contribution < 1.29 is 4.79 Å². The van der Waals surface area contributed by atoms with Gasteiger partial charge in [0.25, 0.3) is 0 Å². The van der Waals surface area contributed by atoms with Crippen molar-refractivity contribution in [3.05, 3.63) is 48.8 Å². The summed E-state index contributed by atoms with van der Waals surface area (Å²) < 4.78 is 0. The number of aromatic nitrogens is 4. The number of fused-ring (bicyclic) bond motifs is 1. The second-order valence-electron chi connectivity index (χ2n) is 7.80. The van der Waals surface area contributed by atoms with Crippen molar-refractivity contribution in [2.24, 2.45) is 5.92 Å². The predicted molar refractivity (Wildman–Crippen MR) is 109 cm³/mol. The molecule has 3 aromatic heterocycles. The minimum atomic E-state index is 0.168. The van der Waals surface area contributed by atoms with E-state index in [-0.39, 0.29) is 5.92 Å². The Morgan fingerprint density at radius 2 is 1.71 bits per heavy atom. The quantitative estimate of drug-likeness (QED) is 0.681. The van der Waals surface area contributed by atoms with Gasteiger partial charge in [-0.05, 0) is 57.3 Å². The third kappa shape index (κ3) is 4.07. The Bertz CT molecular complexity index is 965. The Balaban J connectivity index is 1.49. The van der Waals surface area contributed by atoms with E-state index < -0.39 is 0 Å². The first-order chi connectivity index (χ1) is 13.6. The molecule has 28 heavy (non-hydrogen) atoms. The van der Waals surface area contributed by atoms with Gasteiger partial charge in [-0.15, -0.1) is 0 Å². The molecule has 0 atom stereocenters. The van der Waals surface area contributed by atoms with Crippen LogP contribution in [0.4, 0.5) is 0 Å². The highest BCUT2D eigenvalue weighted by Crippen LogP contribution is 2.28. The van der Waals surface area contributed by atoms with Crippen molar-refractivity contribution in [2.45, 2.75) is 38.1 Å². The molecule has 0 bridgehead atoms. The van der Waals surface area contributed by atoms with E-state index in [1.807, 2.05) is 12.1 Å². The van der Waals surface area contributed by atoms with Gasteiger partial charge in [-0.1, -0.05) is 0 Å². The highest BCUT2D eigenvalue weighted by molar-refractivity contribution is 5.87. The minimum Gasteiger partial charge on any atom is -0.306 e. The normalized spacial score (nSPS) is 19.8. The van der Waals surface area contributed by atoms with E-state index in [1.54, 1.807) is 31.0 Å². The number of ketones is 1. The van der Waals surface area contributed by atoms with E-state index in [9.17, 15) is 4.79 Å². The van der Waals surface area contributed by atoms with Gasteiger partial charge in [-0.3, -0.25) is 24.7 Å². The van der Waals surface area contributed by atoms with E-state index in [0.29, 0.717) is 18.2 Å². The largest absolute Gasteiger partial charge is 0.306 e. The predicted octanol–water partition coefficient (Wildman–Crippen LogP) is 3.32. The van der Waals surface area contributed by atoms with Crippen LogP contribution >= 0.6 is 0 Å². The molecular weight excluding hydrogens is 350 g/mol. The standard InChI is InChI=1S/C22H25N5O/c1-27(2)19-5-3-15(4-6-19)22(28)11-18-9-16-10-20(21-14-23-7-8-24-21)26-13-17(16)12-25-18/h7-10,12-15,19H,3-6,11H2,1-2H3. The fourth-order valence-electron chi connectivity index (χ4n) is 3.99. The molecule has 144 valence electrons. The van der Waals surface area contributed by atoms with Crippen molar-refractivity contribution in [2.75, 3.05) is 14.1 Å². The number of hydrogen-bond donors (Lipinski definition) is 0. The van der Waals surface area contributed by atoms with E-state index in [4.69, 9.17) is 0 Å². The highest BCUT2D eigenvalue weighted by Gasteiger charge is 2.27. The Hall–Kier alpha value is -2.73. The maximum Gasteiger partial charge on any atom is 0.141 e. The third-order valence-electron chi connectivity index (χ3n) is 5.72. The molecule has 0 saturated heterocycles. The molecule has 0 radical (unpaired) electrons. The van der Waals surface area contributed by atoms with Gasteiger partial charge in [-0.25, -0.2) is 0 Å². The zero-order valence-corrected chi connectivity index (χ0v) is 16.4. The molecule has 0 N–H and O–H groups in total. The lowest BCUT2D eigenvalue weighted by atomic mass is 9.82. The molecule has 4 rings (SSSR count). The summed E-state index contributed by atoms with van der Waals surface area (Å²) >= 11 is 0. The van der Waals surface area contributed by atoms with Gasteiger partial charge < -0.3 is 4.90 Å². The van der Waals surface area contributed by atoms with Crippen molar-refractivity contribution >= 4 is 16.6 Å². The van der Waals surface area contributed by atoms with Gasteiger partial charge >= 0.3 is 0 Å². The molecule has 0 unspecified atom stereocenters. The number of carbonyl (C=O) groups excluding carboxylic acids is 1. The van der Waals surface area contributed by atoms with Gasteiger partial charge in [0, 0.05) is 54.2 Å². The number of carbonyl (C=O) groups is 1. The fourth-order valence-corrected chi connectivity index (χ4v) is 3.99. The van der Waals surface area contributed by atoms with Crippen molar-refractivity contribution in [3.63, 3.8) is 0 Å². The summed E-state index contributed by atoms with van der Waals surface area (Å²) in [6.45, 7) is 0. The number of hydrogen-bond acceptors (Lipinski definition) is 6. The monoisotopic (exact) mass is 375 g/mol. The topological polar surface area (TPSA) is 71.9 Å². The molecule has 1 fully saturated rings. The summed E-state index contributed by atoms with van der Waals surface area (Å²) in [6, 6.07) is 4.59. The maximum atomic E-state index is 12.8. The SMILES string of the molecule is CN(C)C1CCC(C(=O)Cc2cc3cc(-c4cnccn4)ncc3cn2)CC1. The Morgan fingerprint density at radius 3 is 2.43 bits per heavy atom. The molecule has 6 heteroatoms. The van der Waals surface area contributed by atoms with Gasteiger partial charge in [0.05, 0.1) is 11.9 Å². The summed E-state index contributed by atoms with van der Waals surface area (Å²) in [6.07, 6.45) is 13.1. The lowest BCUT2D eigenvalue weighted by molar-refractivity contribution is -0.123. The van der Waals surface area contributed by atoms with E-state index in [1.165, 1.54) is 0 Å². The van der Waals surface area contributed by atoms with Crippen LogP contribution in [0, 0.1) is 5.92 Å². The number of pyridine rings is 2. The fraction of sp³-hybridized carbons (Fsp3) is 0.409. The average Bonchev–Trinajstić information content (AvgIpc) is 2.74. The number of Topliss-reactive ketones (excluding diaryl/α,β-unsaturated/α-hetero) is 1. The molecule has 1 aliphatic rings. The molecule has 1 aliphatic carbocycles. The van der Waals surface area contributed by atoms with Gasteiger partial charge in [0.1, 0.15) is 11.5 Å². The second kappa shape index (κ2) is 8.10. The Kier molecular flexibility index (Phi) is 5.39. The van der Waals surface area contributed by atoms with E-state index in [0.717, 1.165) is 53.5 Å². The van der Waals surface area contributed by atoms with Crippen molar-refractivity contribution in [3.8, 4) is 11.4 Å². The lowest BCUT2D eigenvalue weighted by Crippen LogP contribution is -2.34.